The number of ether oxygens (including phenoxy) is 1. The lowest BCUT2D eigenvalue weighted by molar-refractivity contribution is -0.143. The third-order valence-electron chi connectivity index (χ3n) is 2.42. The van der Waals surface area contributed by atoms with Crippen molar-refractivity contribution in [2.75, 3.05) is 6.61 Å². The summed E-state index contributed by atoms with van der Waals surface area (Å²) >= 11 is 0. The van der Waals surface area contributed by atoms with E-state index in [2.05, 4.69) is 5.10 Å². The Morgan fingerprint density at radius 1 is 1.69 bits per heavy atom. The van der Waals surface area contributed by atoms with E-state index in [0.717, 1.165) is 12.1 Å². The fourth-order valence-electron chi connectivity index (χ4n) is 1.51. The van der Waals surface area contributed by atoms with Gasteiger partial charge in [0.25, 0.3) is 0 Å². The maximum Gasteiger partial charge on any atom is 0.305 e. The van der Waals surface area contributed by atoms with Gasteiger partial charge in [0.05, 0.1) is 6.61 Å². The first kappa shape index (κ1) is 12.7. The Hall–Kier alpha value is -1.36. The second kappa shape index (κ2) is 6.27. The largest absolute Gasteiger partial charge is 0.466 e. The van der Waals surface area contributed by atoms with Crippen molar-refractivity contribution in [1.29, 1.82) is 0 Å². The highest BCUT2D eigenvalue weighted by Crippen LogP contribution is 2.05. The van der Waals surface area contributed by atoms with Gasteiger partial charge in [0.15, 0.2) is 0 Å². The molecule has 1 aromatic heterocycles. The zero-order chi connectivity index (χ0) is 12.0. The Morgan fingerprint density at radius 2 is 2.44 bits per heavy atom. The molecule has 1 rings (SSSR count). The topological polar surface area (TPSA) is 70.1 Å². The summed E-state index contributed by atoms with van der Waals surface area (Å²) < 4.78 is 6.64. The molecule has 0 fully saturated rings. The molecule has 0 aliphatic carbocycles. The Balaban J connectivity index is 2.28. The van der Waals surface area contributed by atoms with E-state index < -0.39 is 0 Å². The molecule has 1 aromatic rings. The maximum atomic E-state index is 11.1. The van der Waals surface area contributed by atoms with Gasteiger partial charge in [-0.25, -0.2) is 0 Å². The lowest BCUT2D eigenvalue weighted by Crippen LogP contribution is -2.25. The number of carbonyl (C=O) groups excluding carboxylic acids is 1. The quantitative estimate of drug-likeness (QED) is 0.721. The summed E-state index contributed by atoms with van der Waals surface area (Å²) in [5.41, 5.74) is 7.01. The van der Waals surface area contributed by atoms with E-state index in [4.69, 9.17) is 10.5 Å². The van der Waals surface area contributed by atoms with Gasteiger partial charge >= 0.3 is 5.97 Å². The minimum atomic E-state index is -0.178. The average Bonchev–Trinajstić information content (AvgIpc) is 2.62. The summed E-state index contributed by atoms with van der Waals surface area (Å²) in [7, 11) is 1.88. The minimum Gasteiger partial charge on any atom is -0.466 e. The Bertz CT molecular complexity index is 336. The summed E-state index contributed by atoms with van der Waals surface area (Å²) in [6, 6.07) is 1.91. The summed E-state index contributed by atoms with van der Waals surface area (Å²) in [5.74, 6) is -0.178. The van der Waals surface area contributed by atoms with Crippen LogP contribution < -0.4 is 5.73 Å². The molecule has 0 aromatic carbocycles. The normalized spacial score (nSPS) is 12.4. The molecule has 0 saturated heterocycles. The monoisotopic (exact) mass is 225 g/mol. The first-order chi connectivity index (χ1) is 7.63. The molecule has 0 radical (unpaired) electrons. The van der Waals surface area contributed by atoms with E-state index >= 15 is 0 Å². The van der Waals surface area contributed by atoms with Crippen LogP contribution in [-0.2, 0) is 23.0 Å². The van der Waals surface area contributed by atoms with Crippen LogP contribution in [0.2, 0.25) is 0 Å². The Kier molecular flexibility index (Phi) is 4.98. The van der Waals surface area contributed by atoms with Crippen molar-refractivity contribution in [3.8, 4) is 0 Å². The highest BCUT2D eigenvalue weighted by molar-refractivity contribution is 5.69. The minimum absolute atomic E-state index is 0.0280. The molecule has 1 unspecified atom stereocenters. The Morgan fingerprint density at radius 3 is 3.00 bits per heavy atom. The van der Waals surface area contributed by atoms with Crippen LogP contribution in [0.25, 0.3) is 0 Å². The molecule has 5 nitrogen and oxygen atoms in total. The van der Waals surface area contributed by atoms with Crippen LogP contribution in [0.15, 0.2) is 12.3 Å². The van der Waals surface area contributed by atoms with Crippen molar-refractivity contribution in [1.82, 2.24) is 9.78 Å². The van der Waals surface area contributed by atoms with E-state index in [0.29, 0.717) is 19.4 Å². The van der Waals surface area contributed by atoms with Crippen molar-refractivity contribution in [3.63, 3.8) is 0 Å². The van der Waals surface area contributed by atoms with E-state index in [-0.39, 0.29) is 12.0 Å². The van der Waals surface area contributed by atoms with Crippen LogP contribution in [0.4, 0.5) is 0 Å². The molecular weight excluding hydrogens is 206 g/mol. The summed E-state index contributed by atoms with van der Waals surface area (Å²) in [5, 5.41) is 4.06. The second-order valence-electron chi connectivity index (χ2n) is 3.75. The van der Waals surface area contributed by atoms with E-state index in [9.17, 15) is 4.79 Å². The molecule has 0 saturated carbocycles. The van der Waals surface area contributed by atoms with Gasteiger partial charge in [-0.15, -0.1) is 0 Å². The molecule has 1 heterocycles. The summed E-state index contributed by atoms with van der Waals surface area (Å²) in [6.45, 7) is 2.23. The molecular formula is C11H19N3O2. The fraction of sp³-hybridized carbons (Fsp3) is 0.636. The standard InChI is InChI=1S/C11H19N3O2/c1-3-16-11(15)5-4-9(12)8-10-6-7-13-14(10)2/h6-7,9H,3-5,8,12H2,1-2H3. The van der Waals surface area contributed by atoms with Gasteiger partial charge in [-0.05, 0) is 19.4 Å². The lowest BCUT2D eigenvalue weighted by Gasteiger charge is -2.10. The molecule has 5 heteroatoms. The van der Waals surface area contributed by atoms with Gasteiger partial charge in [0.1, 0.15) is 0 Å². The van der Waals surface area contributed by atoms with Gasteiger partial charge in [0.2, 0.25) is 0 Å². The number of hydrogen-bond acceptors (Lipinski definition) is 4. The van der Waals surface area contributed by atoms with Crippen molar-refractivity contribution in [3.05, 3.63) is 18.0 Å². The molecule has 0 spiro atoms. The molecule has 2 N–H and O–H groups in total. The van der Waals surface area contributed by atoms with Crippen LogP contribution in [-0.4, -0.2) is 28.4 Å². The van der Waals surface area contributed by atoms with Crippen LogP contribution in [0.1, 0.15) is 25.5 Å². The number of nitrogens with zero attached hydrogens (tertiary/aromatic N) is 2. The van der Waals surface area contributed by atoms with Gasteiger partial charge in [-0.2, -0.15) is 5.10 Å². The van der Waals surface area contributed by atoms with Crippen molar-refractivity contribution in [2.45, 2.75) is 32.2 Å². The van der Waals surface area contributed by atoms with Gasteiger partial charge in [-0.3, -0.25) is 9.48 Å². The van der Waals surface area contributed by atoms with Gasteiger partial charge in [0, 0.05) is 37.8 Å². The maximum absolute atomic E-state index is 11.1. The fourth-order valence-corrected chi connectivity index (χ4v) is 1.51. The van der Waals surface area contributed by atoms with Crippen LogP contribution >= 0.6 is 0 Å². The molecule has 0 aliphatic rings. The van der Waals surface area contributed by atoms with Crippen molar-refractivity contribution < 1.29 is 9.53 Å². The first-order valence-corrected chi connectivity index (χ1v) is 5.51. The lowest BCUT2D eigenvalue weighted by atomic mass is 10.1. The zero-order valence-electron chi connectivity index (χ0n) is 9.85. The number of hydrogen-bond donors (Lipinski definition) is 1. The number of nitrogens with two attached hydrogens (primary N) is 1. The third kappa shape index (κ3) is 4.02. The Labute approximate surface area is 95.6 Å². The van der Waals surface area contributed by atoms with Gasteiger partial charge < -0.3 is 10.5 Å². The van der Waals surface area contributed by atoms with Crippen molar-refractivity contribution >= 4 is 5.97 Å². The third-order valence-corrected chi connectivity index (χ3v) is 2.42. The van der Waals surface area contributed by atoms with E-state index in [1.165, 1.54) is 0 Å². The smallest absolute Gasteiger partial charge is 0.305 e. The molecule has 16 heavy (non-hydrogen) atoms. The second-order valence-corrected chi connectivity index (χ2v) is 3.75. The predicted molar refractivity (Wildman–Crippen MR) is 60.8 cm³/mol. The van der Waals surface area contributed by atoms with Crippen LogP contribution in [0.5, 0.6) is 0 Å². The molecule has 0 amide bonds. The van der Waals surface area contributed by atoms with Gasteiger partial charge in [-0.1, -0.05) is 0 Å². The number of carbonyl (C=O) groups is 1. The highest BCUT2D eigenvalue weighted by Gasteiger charge is 2.10. The van der Waals surface area contributed by atoms with E-state index in [1.54, 1.807) is 17.8 Å². The number of rotatable bonds is 6. The van der Waals surface area contributed by atoms with E-state index in [1.807, 2.05) is 13.1 Å². The number of esters is 1. The number of aryl methyl sites for hydroxylation is 1. The predicted octanol–water partition coefficient (Wildman–Crippen LogP) is 0.633. The molecule has 0 bridgehead atoms. The SMILES string of the molecule is CCOC(=O)CCC(N)Cc1ccnn1C. The molecule has 0 aliphatic heterocycles. The highest BCUT2D eigenvalue weighted by atomic mass is 16.5. The van der Waals surface area contributed by atoms with Crippen LogP contribution in [0, 0.1) is 0 Å². The van der Waals surface area contributed by atoms with Crippen molar-refractivity contribution in [2.24, 2.45) is 12.8 Å². The van der Waals surface area contributed by atoms with Crippen LogP contribution in [0.3, 0.4) is 0 Å². The number of aromatic nitrogens is 2. The average molecular weight is 225 g/mol. The molecule has 1 atom stereocenters. The zero-order valence-corrected chi connectivity index (χ0v) is 9.85. The molecule has 90 valence electrons. The summed E-state index contributed by atoms with van der Waals surface area (Å²) in [4.78, 5) is 11.1. The first-order valence-electron chi connectivity index (χ1n) is 5.51. The summed E-state index contributed by atoms with van der Waals surface area (Å²) in [6.07, 6.45) is 3.50.